The Morgan fingerprint density at radius 1 is 1.56 bits per heavy atom. The SMILES string of the molecule is O=C(O)c1coc(NC2(CO)CCCC2)n1. The van der Waals surface area contributed by atoms with Crippen LogP contribution in [-0.4, -0.2) is 33.3 Å². The predicted octanol–water partition coefficient (Wildman–Crippen LogP) is 1.09. The lowest BCUT2D eigenvalue weighted by atomic mass is 9.99. The molecule has 1 fully saturated rings. The number of carboxylic acids is 1. The third-order valence-electron chi connectivity index (χ3n) is 2.96. The highest BCUT2D eigenvalue weighted by Crippen LogP contribution is 2.32. The van der Waals surface area contributed by atoms with Gasteiger partial charge >= 0.3 is 5.97 Å². The number of carbonyl (C=O) groups is 1. The van der Waals surface area contributed by atoms with Gasteiger partial charge in [-0.3, -0.25) is 0 Å². The number of aromatic nitrogens is 1. The lowest BCUT2D eigenvalue weighted by Gasteiger charge is -2.26. The van der Waals surface area contributed by atoms with Crippen LogP contribution in [0.1, 0.15) is 36.2 Å². The van der Waals surface area contributed by atoms with Crippen molar-refractivity contribution in [3.8, 4) is 0 Å². The topological polar surface area (TPSA) is 95.6 Å². The molecular weight excluding hydrogens is 212 g/mol. The fourth-order valence-corrected chi connectivity index (χ4v) is 2.03. The zero-order valence-corrected chi connectivity index (χ0v) is 8.77. The van der Waals surface area contributed by atoms with E-state index in [0.717, 1.165) is 31.9 Å². The highest BCUT2D eigenvalue weighted by atomic mass is 16.4. The second-order valence-electron chi connectivity index (χ2n) is 4.11. The van der Waals surface area contributed by atoms with Crippen LogP contribution in [0.4, 0.5) is 6.01 Å². The summed E-state index contributed by atoms with van der Waals surface area (Å²) in [5, 5.41) is 21.0. The molecule has 1 aliphatic rings. The molecule has 3 N–H and O–H groups in total. The van der Waals surface area contributed by atoms with Crippen LogP contribution in [0.5, 0.6) is 0 Å². The molecule has 0 radical (unpaired) electrons. The van der Waals surface area contributed by atoms with Crippen molar-refractivity contribution in [1.29, 1.82) is 0 Å². The second kappa shape index (κ2) is 4.13. The van der Waals surface area contributed by atoms with Gasteiger partial charge in [-0.15, -0.1) is 0 Å². The number of anilines is 1. The minimum atomic E-state index is -1.12. The van der Waals surface area contributed by atoms with Gasteiger partial charge in [-0.05, 0) is 12.8 Å². The van der Waals surface area contributed by atoms with Gasteiger partial charge in [0, 0.05) is 0 Å². The van der Waals surface area contributed by atoms with E-state index < -0.39 is 11.5 Å². The van der Waals surface area contributed by atoms with Crippen LogP contribution in [0.2, 0.25) is 0 Å². The van der Waals surface area contributed by atoms with E-state index in [1.807, 2.05) is 0 Å². The highest BCUT2D eigenvalue weighted by molar-refractivity contribution is 5.85. The quantitative estimate of drug-likeness (QED) is 0.711. The first-order valence-corrected chi connectivity index (χ1v) is 5.23. The summed E-state index contributed by atoms with van der Waals surface area (Å²) >= 11 is 0. The van der Waals surface area contributed by atoms with Crippen molar-refractivity contribution >= 4 is 12.0 Å². The van der Waals surface area contributed by atoms with Crippen molar-refractivity contribution in [1.82, 2.24) is 4.98 Å². The number of nitrogens with one attached hydrogen (secondary N) is 1. The molecular formula is C10H14N2O4. The minimum absolute atomic E-state index is 0.00220. The lowest BCUT2D eigenvalue weighted by Crippen LogP contribution is -2.39. The largest absolute Gasteiger partial charge is 0.476 e. The van der Waals surface area contributed by atoms with E-state index in [4.69, 9.17) is 9.52 Å². The summed E-state index contributed by atoms with van der Waals surface area (Å²) < 4.78 is 5.00. The van der Waals surface area contributed by atoms with Crippen molar-refractivity contribution < 1.29 is 19.4 Å². The molecule has 0 aromatic carbocycles. The van der Waals surface area contributed by atoms with Crippen LogP contribution in [-0.2, 0) is 0 Å². The molecule has 0 spiro atoms. The zero-order valence-electron chi connectivity index (χ0n) is 8.77. The molecule has 1 aromatic heterocycles. The summed E-state index contributed by atoms with van der Waals surface area (Å²) in [5.41, 5.74) is -0.533. The molecule has 88 valence electrons. The van der Waals surface area contributed by atoms with E-state index in [1.165, 1.54) is 0 Å². The Balaban J connectivity index is 2.10. The number of hydrogen-bond acceptors (Lipinski definition) is 5. The average Bonchev–Trinajstić information content (AvgIpc) is 2.88. The molecule has 0 saturated heterocycles. The summed E-state index contributed by atoms with van der Waals surface area (Å²) in [7, 11) is 0. The van der Waals surface area contributed by atoms with E-state index in [2.05, 4.69) is 10.3 Å². The first kappa shape index (κ1) is 10.9. The molecule has 6 nitrogen and oxygen atoms in total. The predicted molar refractivity (Wildman–Crippen MR) is 55.4 cm³/mol. The van der Waals surface area contributed by atoms with Crippen LogP contribution >= 0.6 is 0 Å². The van der Waals surface area contributed by atoms with Gasteiger partial charge in [0.25, 0.3) is 6.01 Å². The van der Waals surface area contributed by atoms with E-state index in [9.17, 15) is 9.90 Å². The van der Waals surface area contributed by atoms with Crippen molar-refractivity contribution in [2.24, 2.45) is 0 Å². The minimum Gasteiger partial charge on any atom is -0.476 e. The Morgan fingerprint density at radius 2 is 2.25 bits per heavy atom. The van der Waals surface area contributed by atoms with Crippen LogP contribution in [0.25, 0.3) is 0 Å². The monoisotopic (exact) mass is 226 g/mol. The van der Waals surface area contributed by atoms with Gasteiger partial charge in [-0.2, -0.15) is 4.98 Å². The summed E-state index contributed by atoms with van der Waals surface area (Å²) in [4.78, 5) is 14.4. The van der Waals surface area contributed by atoms with Crippen LogP contribution in [0.3, 0.4) is 0 Å². The Morgan fingerprint density at radius 3 is 2.75 bits per heavy atom. The van der Waals surface area contributed by atoms with Crippen LogP contribution < -0.4 is 5.32 Å². The van der Waals surface area contributed by atoms with Crippen molar-refractivity contribution in [3.63, 3.8) is 0 Å². The zero-order chi connectivity index (χ0) is 11.6. The van der Waals surface area contributed by atoms with Gasteiger partial charge in [-0.1, -0.05) is 12.8 Å². The Kier molecular flexibility index (Phi) is 2.82. The summed E-state index contributed by atoms with van der Waals surface area (Å²) in [6, 6.07) is 0.161. The Hall–Kier alpha value is -1.56. The van der Waals surface area contributed by atoms with Gasteiger partial charge in [0.15, 0.2) is 5.69 Å². The number of rotatable bonds is 4. The van der Waals surface area contributed by atoms with E-state index in [1.54, 1.807) is 0 Å². The Labute approximate surface area is 92.3 Å². The normalized spacial score (nSPS) is 18.6. The van der Waals surface area contributed by atoms with Crippen molar-refractivity contribution in [2.75, 3.05) is 11.9 Å². The molecule has 0 aliphatic heterocycles. The maximum absolute atomic E-state index is 10.6. The van der Waals surface area contributed by atoms with E-state index >= 15 is 0 Å². The Bertz CT molecular complexity index is 382. The number of oxazole rings is 1. The van der Waals surface area contributed by atoms with Gasteiger partial charge in [0.05, 0.1) is 12.1 Å². The van der Waals surface area contributed by atoms with Gasteiger partial charge in [-0.25, -0.2) is 4.79 Å². The number of aliphatic hydroxyl groups excluding tert-OH is 1. The lowest BCUT2D eigenvalue weighted by molar-refractivity contribution is 0.0690. The van der Waals surface area contributed by atoms with Crippen LogP contribution in [0.15, 0.2) is 10.7 Å². The highest BCUT2D eigenvalue weighted by Gasteiger charge is 2.34. The fourth-order valence-electron chi connectivity index (χ4n) is 2.03. The number of hydrogen-bond donors (Lipinski definition) is 3. The third kappa shape index (κ3) is 2.01. The maximum Gasteiger partial charge on any atom is 0.357 e. The van der Waals surface area contributed by atoms with Gasteiger partial charge < -0.3 is 19.9 Å². The fraction of sp³-hybridized carbons (Fsp3) is 0.600. The van der Waals surface area contributed by atoms with Gasteiger partial charge in [0.2, 0.25) is 0 Å². The van der Waals surface area contributed by atoms with E-state index in [0.29, 0.717) is 0 Å². The number of aliphatic hydroxyl groups is 1. The molecule has 0 atom stereocenters. The molecule has 1 aromatic rings. The number of nitrogens with zero attached hydrogens (tertiary/aromatic N) is 1. The molecule has 2 rings (SSSR count). The number of aromatic carboxylic acids is 1. The first-order chi connectivity index (χ1) is 7.65. The summed E-state index contributed by atoms with van der Waals surface area (Å²) in [5.74, 6) is -1.12. The molecule has 6 heteroatoms. The molecule has 1 aliphatic carbocycles. The smallest absolute Gasteiger partial charge is 0.357 e. The molecule has 0 bridgehead atoms. The van der Waals surface area contributed by atoms with Gasteiger partial charge in [0.1, 0.15) is 6.26 Å². The standard InChI is InChI=1S/C10H14N2O4/c13-6-10(3-1-2-4-10)12-9-11-7(5-16-9)8(14)15/h5,13H,1-4,6H2,(H,11,12)(H,14,15). The average molecular weight is 226 g/mol. The van der Waals surface area contributed by atoms with Crippen molar-refractivity contribution in [2.45, 2.75) is 31.2 Å². The second-order valence-corrected chi connectivity index (χ2v) is 4.11. The summed E-state index contributed by atoms with van der Waals surface area (Å²) in [6.45, 7) is -0.00220. The number of carboxylic acid groups (broad SMARTS) is 1. The van der Waals surface area contributed by atoms with Crippen molar-refractivity contribution in [3.05, 3.63) is 12.0 Å². The molecule has 0 amide bonds. The molecule has 0 unspecified atom stereocenters. The molecule has 16 heavy (non-hydrogen) atoms. The van der Waals surface area contributed by atoms with Crippen LogP contribution in [0, 0.1) is 0 Å². The maximum atomic E-state index is 10.6. The van der Waals surface area contributed by atoms with E-state index in [-0.39, 0.29) is 18.3 Å². The summed E-state index contributed by atoms with van der Waals surface area (Å²) in [6.07, 6.45) is 4.85. The molecule has 1 saturated carbocycles. The first-order valence-electron chi connectivity index (χ1n) is 5.23. The molecule has 1 heterocycles. The third-order valence-corrected chi connectivity index (χ3v) is 2.96.